The van der Waals surface area contributed by atoms with Gasteiger partial charge in [-0.25, -0.2) is 0 Å². The molecule has 0 bridgehead atoms. The van der Waals surface area contributed by atoms with E-state index >= 15 is 0 Å². The highest BCUT2D eigenvalue weighted by Gasteiger charge is 1.91. The summed E-state index contributed by atoms with van der Waals surface area (Å²) in [5.41, 5.74) is 0.787. The molecule has 0 aromatic heterocycles. The third kappa shape index (κ3) is 9.18. The van der Waals surface area contributed by atoms with Crippen LogP contribution in [0.25, 0.3) is 0 Å². The predicted molar refractivity (Wildman–Crippen MR) is 39.6 cm³/mol. The minimum atomic E-state index is 0. The van der Waals surface area contributed by atoms with Crippen LogP contribution in [0.5, 0.6) is 0 Å². The van der Waals surface area contributed by atoms with E-state index in [1.54, 1.807) is 0 Å². The molecule has 50 valence electrons. The Kier molecular flexibility index (Phi) is 6.39. The van der Waals surface area contributed by atoms with E-state index in [0.717, 1.165) is 12.1 Å². The maximum absolute atomic E-state index is 7.02. The van der Waals surface area contributed by atoms with Crippen molar-refractivity contribution < 1.29 is 0 Å². The van der Waals surface area contributed by atoms with Crippen LogP contribution in [0.15, 0.2) is 0 Å². The fourth-order valence-corrected chi connectivity index (χ4v) is 0.612. The molecule has 0 spiro atoms. The lowest BCUT2D eigenvalue weighted by Crippen LogP contribution is -1.94. The first-order valence-corrected chi connectivity index (χ1v) is 2.67. The summed E-state index contributed by atoms with van der Waals surface area (Å²) >= 11 is 0. The lowest BCUT2D eigenvalue weighted by molar-refractivity contribution is 0.680. The van der Waals surface area contributed by atoms with Gasteiger partial charge in [-0.2, -0.15) is 0 Å². The number of nitrogens with one attached hydrogen (secondary N) is 1. The van der Waals surface area contributed by atoms with Gasteiger partial charge in [0.15, 0.2) is 0 Å². The van der Waals surface area contributed by atoms with Crippen molar-refractivity contribution >= 4 is 5.71 Å². The maximum Gasteiger partial charge on any atom is 0.00607 e. The predicted octanol–water partition coefficient (Wildman–Crippen LogP) is 2.71. The van der Waals surface area contributed by atoms with Crippen LogP contribution in [0.3, 0.4) is 0 Å². The summed E-state index contributed by atoms with van der Waals surface area (Å²) in [6.45, 7) is 6.09. The van der Waals surface area contributed by atoms with Gasteiger partial charge in [0, 0.05) is 5.71 Å². The van der Waals surface area contributed by atoms with E-state index < -0.39 is 0 Å². The second-order valence-electron chi connectivity index (χ2n) is 2.38. The minimum absolute atomic E-state index is 0. The van der Waals surface area contributed by atoms with Crippen molar-refractivity contribution in [2.45, 2.75) is 34.6 Å². The zero-order chi connectivity index (χ0) is 5.86. The Morgan fingerprint density at radius 1 is 1.50 bits per heavy atom. The Morgan fingerprint density at radius 2 is 1.88 bits per heavy atom. The van der Waals surface area contributed by atoms with Gasteiger partial charge in [0.25, 0.3) is 0 Å². The second-order valence-corrected chi connectivity index (χ2v) is 2.38. The smallest absolute Gasteiger partial charge is 0.00607 e. The van der Waals surface area contributed by atoms with Crippen molar-refractivity contribution in [3.05, 3.63) is 0 Å². The molecule has 0 amide bonds. The lowest BCUT2D eigenvalue weighted by Gasteiger charge is -1.98. The van der Waals surface area contributed by atoms with Gasteiger partial charge in [0.1, 0.15) is 0 Å². The molecular formula is C7H17N. The van der Waals surface area contributed by atoms with Crippen molar-refractivity contribution in [2.75, 3.05) is 0 Å². The van der Waals surface area contributed by atoms with Crippen LogP contribution in [-0.2, 0) is 0 Å². The van der Waals surface area contributed by atoms with Gasteiger partial charge >= 0.3 is 0 Å². The van der Waals surface area contributed by atoms with Gasteiger partial charge in [-0.15, -0.1) is 0 Å². The average molecular weight is 115 g/mol. The second kappa shape index (κ2) is 4.82. The van der Waals surface area contributed by atoms with Crippen LogP contribution < -0.4 is 0 Å². The van der Waals surface area contributed by atoms with Gasteiger partial charge < -0.3 is 5.41 Å². The van der Waals surface area contributed by atoms with Crippen LogP contribution >= 0.6 is 0 Å². The summed E-state index contributed by atoms with van der Waals surface area (Å²) in [4.78, 5) is 0. The maximum atomic E-state index is 7.02. The van der Waals surface area contributed by atoms with Crippen molar-refractivity contribution in [1.29, 1.82) is 5.41 Å². The highest BCUT2D eigenvalue weighted by atomic mass is 14.4. The topological polar surface area (TPSA) is 23.9 Å². The van der Waals surface area contributed by atoms with Crippen LogP contribution in [0.2, 0.25) is 0 Å². The average Bonchev–Trinajstić information content (AvgIpc) is 1.27. The van der Waals surface area contributed by atoms with E-state index in [-0.39, 0.29) is 7.43 Å². The highest BCUT2D eigenvalue weighted by Crippen LogP contribution is 1.98. The Hall–Kier alpha value is -0.330. The lowest BCUT2D eigenvalue weighted by atomic mass is 10.1. The van der Waals surface area contributed by atoms with Crippen molar-refractivity contribution in [2.24, 2.45) is 5.92 Å². The third-order valence-corrected chi connectivity index (χ3v) is 0.714. The fourth-order valence-electron chi connectivity index (χ4n) is 0.612. The molecule has 0 aliphatic heterocycles. The molecule has 0 rings (SSSR count). The van der Waals surface area contributed by atoms with E-state index in [2.05, 4.69) is 13.8 Å². The highest BCUT2D eigenvalue weighted by molar-refractivity contribution is 5.78. The monoisotopic (exact) mass is 115 g/mol. The fraction of sp³-hybridized carbons (Fsp3) is 0.857. The summed E-state index contributed by atoms with van der Waals surface area (Å²) in [7, 11) is 0. The minimum Gasteiger partial charge on any atom is -0.310 e. The molecule has 8 heavy (non-hydrogen) atoms. The first-order chi connectivity index (χ1) is 3.13. The van der Waals surface area contributed by atoms with E-state index in [4.69, 9.17) is 5.41 Å². The molecule has 0 unspecified atom stereocenters. The summed E-state index contributed by atoms with van der Waals surface area (Å²) in [5, 5.41) is 7.02. The molecule has 1 heteroatoms. The van der Waals surface area contributed by atoms with Crippen molar-refractivity contribution in [1.82, 2.24) is 0 Å². The molecular weight excluding hydrogens is 98.1 g/mol. The summed E-state index contributed by atoms with van der Waals surface area (Å²) in [6, 6.07) is 0. The normalized spacial score (nSPS) is 8.50. The van der Waals surface area contributed by atoms with Gasteiger partial charge in [0.05, 0.1) is 0 Å². The molecule has 0 aromatic carbocycles. The third-order valence-electron chi connectivity index (χ3n) is 0.714. The molecule has 0 aliphatic carbocycles. The molecule has 0 heterocycles. The Bertz CT molecular complexity index is 64.8. The standard InChI is InChI=1S/C6H13N.CH4/c1-5(2)4-6(3)7;/h5,7H,4H2,1-3H3;1H4. The number of hydrogen-bond acceptors (Lipinski definition) is 1. The molecule has 1 N–H and O–H groups in total. The first kappa shape index (κ1) is 10.6. The largest absolute Gasteiger partial charge is 0.310 e. The van der Waals surface area contributed by atoms with Crippen molar-refractivity contribution in [3.8, 4) is 0 Å². The van der Waals surface area contributed by atoms with E-state index in [1.165, 1.54) is 0 Å². The van der Waals surface area contributed by atoms with Crippen LogP contribution in [0.4, 0.5) is 0 Å². The Morgan fingerprint density at radius 3 is 1.88 bits per heavy atom. The van der Waals surface area contributed by atoms with Gasteiger partial charge in [-0.05, 0) is 19.3 Å². The van der Waals surface area contributed by atoms with Crippen LogP contribution in [0, 0.1) is 11.3 Å². The summed E-state index contributed by atoms with van der Waals surface area (Å²) in [6.07, 6.45) is 0.944. The van der Waals surface area contributed by atoms with Gasteiger partial charge in [0.2, 0.25) is 0 Å². The molecule has 0 radical (unpaired) electrons. The number of rotatable bonds is 2. The molecule has 0 fully saturated rings. The van der Waals surface area contributed by atoms with E-state index in [9.17, 15) is 0 Å². The van der Waals surface area contributed by atoms with E-state index in [0.29, 0.717) is 5.92 Å². The zero-order valence-electron chi connectivity index (χ0n) is 5.28. The zero-order valence-corrected chi connectivity index (χ0v) is 5.28. The van der Waals surface area contributed by atoms with E-state index in [1.807, 2.05) is 6.92 Å². The number of hydrogen-bond donors (Lipinski definition) is 1. The van der Waals surface area contributed by atoms with Gasteiger partial charge in [-0.1, -0.05) is 21.3 Å². The van der Waals surface area contributed by atoms with Crippen LogP contribution in [-0.4, -0.2) is 5.71 Å². The summed E-state index contributed by atoms with van der Waals surface area (Å²) in [5.74, 6) is 0.650. The summed E-state index contributed by atoms with van der Waals surface area (Å²) < 4.78 is 0. The molecule has 0 saturated heterocycles. The molecule has 1 nitrogen and oxygen atoms in total. The van der Waals surface area contributed by atoms with Crippen molar-refractivity contribution in [3.63, 3.8) is 0 Å². The van der Waals surface area contributed by atoms with Gasteiger partial charge in [-0.3, -0.25) is 0 Å². The molecule has 0 aromatic rings. The molecule has 0 aliphatic rings. The Balaban J connectivity index is 0. The molecule has 0 saturated carbocycles. The SMILES string of the molecule is C.CC(=N)CC(C)C. The van der Waals surface area contributed by atoms with Crippen LogP contribution in [0.1, 0.15) is 34.6 Å². The Labute approximate surface area is 52.6 Å². The first-order valence-electron chi connectivity index (χ1n) is 2.67. The molecule has 0 atom stereocenters. The quantitative estimate of drug-likeness (QED) is 0.535.